The maximum atomic E-state index is 9.20. The third-order valence-corrected chi connectivity index (χ3v) is 1.86. The van der Waals surface area contributed by atoms with Gasteiger partial charge in [0.1, 0.15) is 11.9 Å². The smallest absolute Gasteiger partial charge is 0.121 e. The fourth-order valence-electron chi connectivity index (χ4n) is 0.901. The van der Waals surface area contributed by atoms with Gasteiger partial charge in [-0.05, 0) is 26.0 Å². The fourth-order valence-corrected chi connectivity index (χ4v) is 0.901. The molecule has 0 saturated heterocycles. The van der Waals surface area contributed by atoms with Gasteiger partial charge in [-0.1, -0.05) is 6.07 Å². The first-order valence-corrected chi connectivity index (χ1v) is 4.30. The first-order chi connectivity index (χ1) is 6.09. The second-order valence-corrected chi connectivity index (χ2v) is 3.14. The first-order valence-electron chi connectivity index (χ1n) is 4.30. The summed E-state index contributed by atoms with van der Waals surface area (Å²) in [6.45, 7) is 3.50. The lowest BCUT2D eigenvalue weighted by atomic mass is 10.2. The summed E-state index contributed by atoms with van der Waals surface area (Å²) >= 11 is 0. The van der Waals surface area contributed by atoms with Crippen LogP contribution in [0.25, 0.3) is 0 Å². The molecule has 0 aliphatic carbocycles. The van der Waals surface area contributed by atoms with Crippen LogP contribution in [-0.4, -0.2) is 17.3 Å². The third-order valence-electron chi connectivity index (χ3n) is 1.86. The van der Waals surface area contributed by atoms with E-state index in [2.05, 4.69) is 0 Å². The summed E-state index contributed by atoms with van der Waals surface area (Å²) in [5, 5.41) is 9.20. The van der Waals surface area contributed by atoms with E-state index >= 15 is 0 Å². The molecule has 0 bridgehead atoms. The molecule has 3 heteroatoms. The highest BCUT2D eigenvalue weighted by Crippen LogP contribution is 2.16. The van der Waals surface area contributed by atoms with E-state index in [0.29, 0.717) is 11.4 Å². The summed E-state index contributed by atoms with van der Waals surface area (Å²) in [5.74, 6) is 0.688. The molecule has 0 aliphatic rings. The van der Waals surface area contributed by atoms with E-state index in [1.54, 1.807) is 19.1 Å². The van der Waals surface area contributed by atoms with Gasteiger partial charge in [0.15, 0.2) is 0 Å². The standard InChI is InChI=1S/C10H15NO2/c1-7(12)8(2)13-10-5-3-4-9(11)6-10/h3-8,12H,11H2,1-2H3. The number of benzene rings is 1. The second kappa shape index (κ2) is 4.14. The number of aliphatic hydroxyl groups is 1. The number of anilines is 1. The predicted molar refractivity (Wildman–Crippen MR) is 52.6 cm³/mol. The van der Waals surface area contributed by atoms with E-state index in [9.17, 15) is 5.11 Å². The van der Waals surface area contributed by atoms with Crippen LogP contribution in [0.15, 0.2) is 24.3 Å². The van der Waals surface area contributed by atoms with Gasteiger partial charge >= 0.3 is 0 Å². The Morgan fingerprint density at radius 3 is 2.62 bits per heavy atom. The van der Waals surface area contributed by atoms with E-state index in [0.717, 1.165) is 0 Å². The predicted octanol–water partition coefficient (Wildman–Crippen LogP) is 1.42. The zero-order chi connectivity index (χ0) is 9.84. The summed E-state index contributed by atoms with van der Waals surface area (Å²) in [4.78, 5) is 0. The summed E-state index contributed by atoms with van der Waals surface area (Å²) in [6, 6.07) is 7.16. The van der Waals surface area contributed by atoms with Crippen LogP contribution in [0.4, 0.5) is 5.69 Å². The van der Waals surface area contributed by atoms with Crippen LogP contribution in [0.3, 0.4) is 0 Å². The van der Waals surface area contributed by atoms with Gasteiger partial charge in [-0.2, -0.15) is 0 Å². The lowest BCUT2D eigenvalue weighted by Crippen LogP contribution is -2.25. The molecule has 0 radical (unpaired) electrons. The molecule has 3 nitrogen and oxygen atoms in total. The normalized spacial score (nSPS) is 15.0. The Bertz CT molecular complexity index is 273. The van der Waals surface area contributed by atoms with Crippen molar-refractivity contribution in [3.05, 3.63) is 24.3 Å². The molecular formula is C10H15NO2. The molecule has 2 atom stereocenters. The number of rotatable bonds is 3. The summed E-state index contributed by atoms with van der Waals surface area (Å²) in [7, 11) is 0. The molecule has 1 aromatic rings. The first kappa shape index (κ1) is 9.86. The highest BCUT2D eigenvalue weighted by atomic mass is 16.5. The molecule has 0 saturated carbocycles. The molecule has 1 aromatic carbocycles. The summed E-state index contributed by atoms with van der Waals surface area (Å²) in [5.41, 5.74) is 6.23. The largest absolute Gasteiger partial charge is 0.488 e. The van der Waals surface area contributed by atoms with E-state index in [1.165, 1.54) is 0 Å². The van der Waals surface area contributed by atoms with Gasteiger partial charge in [-0.3, -0.25) is 0 Å². The molecule has 72 valence electrons. The van der Waals surface area contributed by atoms with Gasteiger partial charge in [0, 0.05) is 11.8 Å². The molecule has 13 heavy (non-hydrogen) atoms. The summed E-state index contributed by atoms with van der Waals surface area (Å²) < 4.78 is 5.43. The molecule has 0 heterocycles. The molecule has 0 fully saturated rings. The minimum Gasteiger partial charge on any atom is -0.488 e. The minimum atomic E-state index is -0.485. The van der Waals surface area contributed by atoms with E-state index < -0.39 is 6.10 Å². The number of ether oxygens (including phenoxy) is 1. The van der Waals surface area contributed by atoms with Crippen molar-refractivity contribution in [3.8, 4) is 5.75 Å². The molecule has 2 unspecified atom stereocenters. The Balaban J connectivity index is 2.64. The number of hydrogen-bond donors (Lipinski definition) is 2. The van der Waals surface area contributed by atoms with Gasteiger partial charge in [0.2, 0.25) is 0 Å². The van der Waals surface area contributed by atoms with Crippen molar-refractivity contribution >= 4 is 5.69 Å². The van der Waals surface area contributed by atoms with Crippen molar-refractivity contribution in [2.24, 2.45) is 0 Å². The monoisotopic (exact) mass is 181 g/mol. The second-order valence-electron chi connectivity index (χ2n) is 3.14. The third kappa shape index (κ3) is 2.95. The molecule has 0 amide bonds. The van der Waals surface area contributed by atoms with E-state index in [-0.39, 0.29) is 6.10 Å². The van der Waals surface area contributed by atoms with Crippen LogP contribution < -0.4 is 10.5 Å². The van der Waals surface area contributed by atoms with Crippen molar-refractivity contribution in [1.82, 2.24) is 0 Å². The number of nitrogen functional groups attached to an aromatic ring is 1. The lowest BCUT2D eigenvalue weighted by Gasteiger charge is -2.17. The SMILES string of the molecule is CC(O)C(C)Oc1cccc(N)c1. The average Bonchev–Trinajstić information content (AvgIpc) is 2.04. The molecular weight excluding hydrogens is 166 g/mol. The Labute approximate surface area is 78.1 Å². The van der Waals surface area contributed by atoms with Crippen molar-refractivity contribution < 1.29 is 9.84 Å². The lowest BCUT2D eigenvalue weighted by molar-refractivity contribution is 0.0605. The highest BCUT2D eigenvalue weighted by Gasteiger charge is 2.09. The quantitative estimate of drug-likeness (QED) is 0.693. The van der Waals surface area contributed by atoms with Crippen LogP contribution in [0.5, 0.6) is 5.75 Å². The van der Waals surface area contributed by atoms with Crippen LogP contribution in [0, 0.1) is 0 Å². The van der Waals surface area contributed by atoms with Gasteiger partial charge in [-0.25, -0.2) is 0 Å². The maximum absolute atomic E-state index is 9.20. The van der Waals surface area contributed by atoms with E-state index in [4.69, 9.17) is 10.5 Å². The molecule has 3 N–H and O–H groups in total. The van der Waals surface area contributed by atoms with Crippen LogP contribution in [-0.2, 0) is 0 Å². The van der Waals surface area contributed by atoms with Crippen LogP contribution in [0.2, 0.25) is 0 Å². The van der Waals surface area contributed by atoms with E-state index in [1.807, 2.05) is 19.1 Å². The van der Waals surface area contributed by atoms with Crippen molar-refractivity contribution in [2.75, 3.05) is 5.73 Å². The molecule has 1 rings (SSSR count). The fraction of sp³-hybridized carbons (Fsp3) is 0.400. The van der Waals surface area contributed by atoms with Crippen molar-refractivity contribution in [1.29, 1.82) is 0 Å². The molecule has 0 aromatic heterocycles. The zero-order valence-corrected chi connectivity index (χ0v) is 7.90. The van der Waals surface area contributed by atoms with Crippen molar-refractivity contribution in [2.45, 2.75) is 26.1 Å². The summed E-state index contributed by atoms with van der Waals surface area (Å²) in [6.07, 6.45) is -0.705. The zero-order valence-electron chi connectivity index (χ0n) is 7.90. The number of nitrogens with two attached hydrogens (primary N) is 1. The Kier molecular flexibility index (Phi) is 3.14. The van der Waals surface area contributed by atoms with Gasteiger partial charge in [0.05, 0.1) is 6.10 Å². The topological polar surface area (TPSA) is 55.5 Å². The Morgan fingerprint density at radius 2 is 2.08 bits per heavy atom. The molecule has 0 aliphatic heterocycles. The average molecular weight is 181 g/mol. The maximum Gasteiger partial charge on any atom is 0.121 e. The number of aliphatic hydroxyl groups excluding tert-OH is 1. The van der Waals surface area contributed by atoms with Gasteiger partial charge < -0.3 is 15.6 Å². The number of hydrogen-bond acceptors (Lipinski definition) is 3. The molecule has 0 spiro atoms. The van der Waals surface area contributed by atoms with Crippen LogP contribution >= 0.6 is 0 Å². The van der Waals surface area contributed by atoms with Gasteiger partial charge in [-0.15, -0.1) is 0 Å². The van der Waals surface area contributed by atoms with Gasteiger partial charge in [0.25, 0.3) is 0 Å². The van der Waals surface area contributed by atoms with Crippen LogP contribution in [0.1, 0.15) is 13.8 Å². The van der Waals surface area contributed by atoms with Crippen molar-refractivity contribution in [3.63, 3.8) is 0 Å². The minimum absolute atomic E-state index is 0.221. The Hall–Kier alpha value is -1.22. The highest BCUT2D eigenvalue weighted by molar-refractivity contribution is 5.43. The Morgan fingerprint density at radius 1 is 1.38 bits per heavy atom.